The van der Waals surface area contributed by atoms with E-state index in [1.165, 1.54) is 0 Å². The van der Waals surface area contributed by atoms with Crippen molar-refractivity contribution in [2.75, 3.05) is 27.2 Å². The summed E-state index contributed by atoms with van der Waals surface area (Å²) in [4.78, 5) is 13.4. The van der Waals surface area contributed by atoms with E-state index >= 15 is 0 Å². The molecule has 6 N–H and O–H groups in total. The normalized spacial score (nSPS) is 20.8. The molecule has 24 heavy (non-hydrogen) atoms. The molecule has 0 spiro atoms. The summed E-state index contributed by atoms with van der Waals surface area (Å²) < 4.78 is 0. The van der Waals surface area contributed by atoms with Crippen LogP contribution in [0, 0.1) is 5.41 Å². The number of carbonyl (C=O) groups excluding carboxylic acids is 1. The van der Waals surface area contributed by atoms with Gasteiger partial charge in [-0.05, 0) is 18.2 Å². The summed E-state index contributed by atoms with van der Waals surface area (Å²) in [6.45, 7) is 2.79. The van der Waals surface area contributed by atoms with Crippen LogP contribution in [-0.4, -0.2) is 49.9 Å². The molecule has 2 aliphatic rings. The van der Waals surface area contributed by atoms with Gasteiger partial charge in [0, 0.05) is 69.3 Å². The molecular weight excluding hydrogens is 304 g/mol. The lowest BCUT2D eigenvalue weighted by Gasteiger charge is -2.33. The molecule has 1 unspecified atom stereocenters. The molecule has 0 fully saturated rings. The first kappa shape index (κ1) is 17.8. The minimum absolute atomic E-state index is 0.0512. The van der Waals surface area contributed by atoms with Gasteiger partial charge in [0.15, 0.2) is 0 Å². The van der Waals surface area contributed by atoms with Gasteiger partial charge in [-0.2, -0.15) is 0 Å². The molecule has 1 amide bonds. The van der Waals surface area contributed by atoms with Gasteiger partial charge in [0.2, 0.25) is 5.91 Å². The fourth-order valence-electron chi connectivity index (χ4n) is 2.82. The average molecular weight is 330 g/mol. The van der Waals surface area contributed by atoms with Crippen LogP contribution in [0.4, 0.5) is 0 Å². The molecular formula is C17H26N6O. The van der Waals surface area contributed by atoms with Crippen LogP contribution in [0.15, 0.2) is 47.0 Å². The Morgan fingerprint density at radius 1 is 1.42 bits per heavy atom. The second-order valence-corrected chi connectivity index (χ2v) is 5.80. The Hall–Kier alpha value is -2.54. The zero-order chi connectivity index (χ0) is 17.7. The van der Waals surface area contributed by atoms with E-state index in [4.69, 9.17) is 11.1 Å². The van der Waals surface area contributed by atoms with Crippen LogP contribution in [0.5, 0.6) is 0 Å². The van der Waals surface area contributed by atoms with Crippen molar-refractivity contribution in [3.05, 3.63) is 47.0 Å². The lowest BCUT2D eigenvalue weighted by molar-refractivity contribution is -0.128. The first-order valence-corrected chi connectivity index (χ1v) is 7.99. The van der Waals surface area contributed by atoms with Gasteiger partial charge in [-0.3, -0.25) is 4.79 Å². The number of rotatable bonds is 5. The first-order valence-electron chi connectivity index (χ1n) is 7.99. The van der Waals surface area contributed by atoms with Gasteiger partial charge in [-0.25, -0.2) is 0 Å². The van der Waals surface area contributed by atoms with Crippen molar-refractivity contribution in [3.63, 3.8) is 0 Å². The minimum atomic E-state index is -0.423. The summed E-state index contributed by atoms with van der Waals surface area (Å²) >= 11 is 0. The van der Waals surface area contributed by atoms with Crippen LogP contribution in [0.2, 0.25) is 0 Å². The zero-order valence-electron chi connectivity index (χ0n) is 14.4. The second-order valence-electron chi connectivity index (χ2n) is 5.80. The second kappa shape index (κ2) is 7.83. The molecule has 1 atom stereocenters. The number of carbonyl (C=O) groups is 1. The number of hydrogen-bond donors (Lipinski definition) is 5. The van der Waals surface area contributed by atoms with Gasteiger partial charge < -0.3 is 32.0 Å². The SMILES string of the molecule is CN/C=C1/C=CC(NC(N)C2=C(NC)CCN(C(C)=O)C2)=CC1=N. The predicted molar refractivity (Wildman–Crippen MR) is 96.2 cm³/mol. The van der Waals surface area contributed by atoms with Crippen LogP contribution in [-0.2, 0) is 4.79 Å². The fourth-order valence-corrected chi connectivity index (χ4v) is 2.82. The molecule has 0 aromatic heterocycles. The van der Waals surface area contributed by atoms with E-state index in [1.54, 1.807) is 31.1 Å². The van der Waals surface area contributed by atoms with Gasteiger partial charge >= 0.3 is 0 Å². The van der Waals surface area contributed by atoms with Gasteiger partial charge in [-0.15, -0.1) is 0 Å². The van der Waals surface area contributed by atoms with Crippen molar-refractivity contribution in [2.45, 2.75) is 19.5 Å². The van der Waals surface area contributed by atoms with Crippen molar-refractivity contribution in [3.8, 4) is 0 Å². The van der Waals surface area contributed by atoms with E-state index in [1.807, 2.05) is 19.2 Å². The van der Waals surface area contributed by atoms with Crippen LogP contribution >= 0.6 is 0 Å². The molecule has 1 aliphatic carbocycles. The predicted octanol–water partition coefficient (Wildman–Crippen LogP) is 0.163. The van der Waals surface area contributed by atoms with Crippen LogP contribution in [0.25, 0.3) is 0 Å². The lowest BCUT2D eigenvalue weighted by atomic mass is 10.0. The third-order valence-electron chi connectivity index (χ3n) is 4.18. The maximum Gasteiger partial charge on any atom is 0.219 e. The molecule has 0 radical (unpaired) electrons. The topological polar surface area (TPSA) is 106 Å². The van der Waals surface area contributed by atoms with Crippen LogP contribution < -0.4 is 21.7 Å². The molecule has 7 heteroatoms. The molecule has 1 heterocycles. The van der Waals surface area contributed by atoms with E-state index in [2.05, 4.69) is 16.0 Å². The van der Waals surface area contributed by atoms with Gasteiger partial charge in [0.25, 0.3) is 0 Å². The highest BCUT2D eigenvalue weighted by Gasteiger charge is 2.24. The summed E-state index contributed by atoms with van der Waals surface area (Å²) in [6.07, 6.45) is 7.62. The molecule has 0 bridgehead atoms. The van der Waals surface area contributed by atoms with E-state index in [0.29, 0.717) is 18.8 Å². The van der Waals surface area contributed by atoms with E-state index in [0.717, 1.165) is 29.0 Å². The first-order chi connectivity index (χ1) is 11.5. The summed E-state index contributed by atoms with van der Waals surface area (Å²) in [5, 5.41) is 17.4. The van der Waals surface area contributed by atoms with Gasteiger partial charge in [0.05, 0.1) is 5.71 Å². The van der Waals surface area contributed by atoms with Crippen LogP contribution in [0.3, 0.4) is 0 Å². The quantitative estimate of drug-likeness (QED) is 0.462. The van der Waals surface area contributed by atoms with Crippen molar-refractivity contribution in [1.82, 2.24) is 20.9 Å². The third kappa shape index (κ3) is 4.05. The third-order valence-corrected chi connectivity index (χ3v) is 4.18. The molecule has 130 valence electrons. The standard InChI is InChI=1S/C17H26N6O/c1-11(24)23-7-6-16(21-3)14(10-23)17(19)22-13-5-4-12(9-20-2)15(18)8-13/h4-5,8-9,17-18,20-22H,6-7,10,19H2,1-3H3/b12-9-,18-15?. The highest BCUT2D eigenvalue weighted by atomic mass is 16.2. The largest absolute Gasteiger partial charge is 0.393 e. The van der Waals surface area contributed by atoms with Gasteiger partial charge in [-0.1, -0.05) is 0 Å². The van der Waals surface area contributed by atoms with Gasteiger partial charge in [0.1, 0.15) is 6.17 Å². The van der Waals surface area contributed by atoms with Crippen LogP contribution in [0.1, 0.15) is 13.3 Å². The monoisotopic (exact) mass is 330 g/mol. The summed E-state index contributed by atoms with van der Waals surface area (Å²) in [5.74, 6) is 0.0512. The molecule has 1 aliphatic heterocycles. The summed E-state index contributed by atoms with van der Waals surface area (Å²) in [5.41, 5.74) is 10.4. The fraction of sp³-hybridized carbons (Fsp3) is 0.412. The number of amides is 1. The van der Waals surface area contributed by atoms with E-state index in [-0.39, 0.29) is 5.91 Å². The van der Waals surface area contributed by atoms with Crippen molar-refractivity contribution < 1.29 is 4.79 Å². The molecule has 0 saturated heterocycles. The number of nitrogens with two attached hydrogens (primary N) is 1. The Balaban J connectivity index is 2.12. The average Bonchev–Trinajstić information content (AvgIpc) is 2.56. The Labute approximate surface area is 142 Å². The number of nitrogens with one attached hydrogen (secondary N) is 4. The zero-order valence-corrected chi connectivity index (χ0v) is 14.4. The maximum absolute atomic E-state index is 11.7. The Bertz CT molecular complexity index is 643. The Morgan fingerprint density at radius 3 is 2.75 bits per heavy atom. The van der Waals surface area contributed by atoms with E-state index in [9.17, 15) is 4.79 Å². The maximum atomic E-state index is 11.7. The van der Waals surface area contributed by atoms with Crippen molar-refractivity contribution in [1.29, 1.82) is 5.41 Å². The number of hydrogen-bond acceptors (Lipinski definition) is 6. The summed E-state index contributed by atoms with van der Waals surface area (Å²) in [7, 11) is 3.67. The molecule has 0 aromatic rings. The number of allylic oxidation sites excluding steroid dienone is 4. The van der Waals surface area contributed by atoms with Crippen molar-refractivity contribution in [2.24, 2.45) is 5.73 Å². The van der Waals surface area contributed by atoms with E-state index < -0.39 is 6.17 Å². The highest BCUT2D eigenvalue weighted by Crippen LogP contribution is 2.19. The molecule has 0 saturated carbocycles. The molecule has 0 aromatic carbocycles. The number of nitrogens with zero attached hydrogens (tertiary/aromatic N) is 1. The summed E-state index contributed by atoms with van der Waals surface area (Å²) in [6, 6.07) is 0. The molecule has 7 nitrogen and oxygen atoms in total. The lowest BCUT2D eigenvalue weighted by Crippen LogP contribution is -2.47. The minimum Gasteiger partial charge on any atom is -0.393 e. The highest BCUT2D eigenvalue weighted by molar-refractivity contribution is 6.09. The Kier molecular flexibility index (Phi) is 5.81. The smallest absolute Gasteiger partial charge is 0.219 e. The Morgan fingerprint density at radius 2 is 2.17 bits per heavy atom. The molecule has 2 rings (SSSR count). The van der Waals surface area contributed by atoms with Crippen molar-refractivity contribution >= 4 is 11.6 Å².